The summed E-state index contributed by atoms with van der Waals surface area (Å²) in [6.07, 6.45) is 0. The second-order valence-corrected chi connectivity index (χ2v) is 9.08. The summed E-state index contributed by atoms with van der Waals surface area (Å²) in [4.78, 5) is 27.4. The van der Waals surface area contributed by atoms with Gasteiger partial charge in [0.2, 0.25) is 0 Å². The molecule has 1 atom stereocenters. The number of aryl methyl sites for hydroxylation is 1. The predicted molar refractivity (Wildman–Crippen MR) is 127 cm³/mol. The lowest BCUT2D eigenvalue weighted by molar-refractivity contribution is -0.140. The molecule has 1 N–H and O–H groups in total. The van der Waals surface area contributed by atoms with E-state index in [0.717, 1.165) is 10.0 Å². The molecule has 3 rings (SSSR count). The number of aliphatic hydroxyl groups is 1. The van der Waals surface area contributed by atoms with Crippen LogP contribution in [0.1, 0.15) is 36.6 Å². The van der Waals surface area contributed by atoms with Crippen LogP contribution in [0.4, 0.5) is 0 Å². The fourth-order valence-electron chi connectivity index (χ4n) is 3.63. The van der Waals surface area contributed by atoms with Crippen LogP contribution in [0.2, 0.25) is 0 Å². The second-order valence-electron chi connectivity index (χ2n) is 8.23. The lowest BCUT2D eigenvalue weighted by atomic mass is 9.94. The van der Waals surface area contributed by atoms with E-state index >= 15 is 0 Å². The summed E-state index contributed by atoms with van der Waals surface area (Å²) in [7, 11) is 1.54. The van der Waals surface area contributed by atoms with Crippen molar-refractivity contribution in [3.63, 3.8) is 0 Å². The van der Waals surface area contributed by atoms with Crippen molar-refractivity contribution in [3.8, 4) is 5.75 Å². The maximum atomic E-state index is 13.0. The van der Waals surface area contributed by atoms with E-state index in [4.69, 9.17) is 9.47 Å². The molecule has 1 saturated heterocycles. The number of nitrogens with zero attached hydrogens (tertiary/aromatic N) is 1. The summed E-state index contributed by atoms with van der Waals surface area (Å²) in [6.45, 7) is 7.05. The zero-order valence-electron chi connectivity index (χ0n) is 18.7. The van der Waals surface area contributed by atoms with Gasteiger partial charge in [0.1, 0.15) is 11.5 Å². The van der Waals surface area contributed by atoms with Gasteiger partial charge in [-0.25, -0.2) is 0 Å². The molecule has 2 aromatic rings. The first-order valence-corrected chi connectivity index (χ1v) is 11.3. The Morgan fingerprint density at radius 2 is 1.94 bits per heavy atom. The molecule has 1 amide bonds. The SMILES string of the molecule is COCCN1C(=O)C(=O)/C(=C(\O)c2ccc(Br)c(C)c2)C1c1cccc(OCC(C)C)c1. The fraction of sp³-hybridized carbons (Fsp3) is 0.360. The molecule has 2 aromatic carbocycles. The largest absolute Gasteiger partial charge is 0.507 e. The zero-order chi connectivity index (χ0) is 23.4. The van der Waals surface area contributed by atoms with E-state index in [9.17, 15) is 14.7 Å². The number of ketones is 1. The maximum absolute atomic E-state index is 13.0. The molecule has 1 aliphatic rings. The molecule has 0 spiro atoms. The highest BCUT2D eigenvalue weighted by Crippen LogP contribution is 2.40. The summed E-state index contributed by atoms with van der Waals surface area (Å²) >= 11 is 3.45. The summed E-state index contributed by atoms with van der Waals surface area (Å²) < 4.78 is 11.9. The van der Waals surface area contributed by atoms with Gasteiger partial charge in [-0.1, -0.05) is 48.0 Å². The number of ether oxygens (including phenoxy) is 2. The van der Waals surface area contributed by atoms with E-state index < -0.39 is 17.7 Å². The molecule has 0 saturated carbocycles. The van der Waals surface area contributed by atoms with Gasteiger partial charge in [-0.2, -0.15) is 0 Å². The number of aliphatic hydroxyl groups excluding tert-OH is 1. The normalized spacial score (nSPS) is 17.9. The molecule has 0 radical (unpaired) electrons. The van der Waals surface area contributed by atoms with Crippen LogP contribution in [0.25, 0.3) is 5.76 Å². The van der Waals surface area contributed by atoms with Crippen molar-refractivity contribution in [1.82, 2.24) is 4.90 Å². The highest BCUT2D eigenvalue weighted by atomic mass is 79.9. The minimum absolute atomic E-state index is 0.0637. The standard InChI is InChI=1S/C25H28BrNO5/c1-15(2)14-32-19-7-5-6-17(13-19)22-21(24(29)25(30)27(22)10-11-31-4)23(28)18-8-9-20(26)16(3)12-18/h5-9,12-13,15,22,28H,10-11,14H2,1-4H3/b23-21-. The summed E-state index contributed by atoms with van der Waals surface area (Å²) in [5, 5.41) is 11.1. The first-order valence-electron chi connectivity index (χ1n) is 10.5. The van der Waals surface area contributed by atoms with Crippen molar-refractivity contribution in [3.05, 3.63) is 69.2 Å². The fourth-order valence-corrected chi connectivity index (χ4v) is 3.88. The first-order chi connectivity index (χ1) is 15.2. The van der Waals surface area contributed by atoms with Crippen LogP contribution in [-0.2, 0) is 14.3 Å². The molecule has 1 heterocycles. The molecule has 7 heteroatoms. The second kappa shape index (κ2) is 10.3. The number of carbonyl (C=O) groups excluding carboxylic acids is 2. The Morgan fingerprint density at radius 3 is 2.59 bits per heavy atom. The average molecular weight is 502 g/mol. The molecule has 1 aliphatic heterocycles. The molecule has 0 aromatic heterocycles. The van der Waals surface area contributed by atoms with Crippen molar-refractivity contribution in [2.75, 3.05) is 26.9 Å². The number of likely N-dealkylation sites (tertiary alicyclic amines) is 1. The maximum Gasteiger partial charge on any atom is 0.295 e. The number of Topliss-reactive ketones (excluding diaryl/α,β-unsaturated/α-hetero) is 1. The highest BCUT2D eigenvalue weighted by Gasteiger charge is 2.46. The molecule has 170 valence electrons. The third-order valence-electron chi connectivity index (χ3n) is 5.26. The van der Waals surface area contributed by atoms with Crippen LogP contribution in [0, 0.1) is 12.8 Å². The van der Waals surface area contributed by atoms with Crippen molar-refractivity contribution in [2.45, 2.75) is 26.8 Å². The average Bonchev–Trinajstić information content (AvgIpc) is 3.02. The number of benzene rings is 2. The molecule has 6 nitrogen and oxygen atoms in total. The summed E-state index contributed by atoms with van der Waals surface area (Å²) in [6, 6.07) is 11.9. The Labute approximate surface area is 197 Å². The van der Waals surface area contributed by atoms with Crippen molar-refractivity contribution < 1.29 is 24.2 Å². The van der Waals surface area contributed by atoms with Gasteiger partial charge in [0.15, 0.2) is 0 Å². The van der Waals surface area contributed by atoms with Crippen LogP contribution in [0.5, 0.6) is 5.75 Å². The number of hydrogen-bond donors (Lipinski definition) is 1. The number of amides is 1. The summed E-state index contributed by atoms with van der Waals surface area (Å²) in [5.74, 6) is -0.564. The number of hydrogen-bond acceptors (Lipinski definition) is 5. The van der Waals surface area contributed by atoms with E-state index in [1.54, 1.807) is 18.2 Å². The van der Waals surface area contributed by atoms with Crippen molar-refractivity contribution in [1.29, 1.82) is 0 Å². The Bertz CT molecular complexity index is 1050. The Balaban J connectivity index is 2.12. The van der Waals surface area contributed by atoms with Gasteiger partial charge in [0, 0.05) is 23.7 Å². The van der Waals surface area contributed by atoms with Gasteiger partial charge < -0.3 is 19.5 Å². The zero-order valence-corrected chi connectivity index (χ0v) is 20.3. The highest BCUT2D eigenvalue weighted by molar-refractivity contribution is 9.10. The lowest BCUT2D eigenvalue weighted by Crippen LogP contribution is -2.32. The van der Waals surface area contributed by atoms with Crippen LogP contribution >= 0.6 is 15.9 Å². The minimum Gasteiger partial charge on any atom is -0.507 e. The summed E-state index contributed by atoms with van der Waals surface area (Å²) in [5.41, 5.74) is 2.14. The van der Waals surface area contributed by atoms with Gasteiger partial charge >= 0.3 is 0 Å². The Morgan fingerprint density at radius 1 is 1.19 bits per heavy atom. The number of halogens is 1. The van der Waals surface area contributed by atoms with E-state index in [1.165, 1.54) is 12.0 Å². The van der Waals surface area contributed by atoms with Crippen molar-refractivity contribution >= 4 is 33.4 Å². The monoisotopic (exact) mass is 501 g/mol. The molecule has 0 aliphatic carbocycles. The van der Waals surface area contributed by atoms with Crippen LogP contribution in [0.15, 0.2) is 52.5 Å². The van der Waals surface area contributed by atoms with E-state index in [1.807, 2.05) is 31.2 Å². The molecule has 0 bridgehead atoms. The van der Waals surface area contributed by atoms with Gasteiger partial charge in [-0.15, -0.1) is 0 Å². The van der Waals surface area contributed by atoms with Gasteiger partial charge in [-0.3, -0.25) is 9.59 Å². The van der Waals surface area contributed by atoms with E-state index in [2.05, 4.69) is 29.8 Å². The topological polar surface area (TPSA) is 76.1 Å². The van der Waals surface area contributed by atoms with Crippen LogP contribution < -0.4 is 4.74 Å². The van der Waals surface area contributed by atoms with Crippen LogP contribution in [0.3, 0.4) is 0 Å². The molecular weight excluding hydrogens is 474 g/mol. The number of carbonyl (C=O) groups is 2. The quantitative estimate of drug-likeness (QED) is 0.317. The molecule has 1 fully saturated rings. The van der Waals surface area contributed by atoms with Crippen LogP contribution in [-0.4, -0.2) is 48.6 Å². The van der Waals surface area contributed by atoms with Gasteiger partial charge in [0.25, 0.3) is 11.7 Å². The minimum atomic E-state index is -0.739. The smallest absolute Gasteiger partial charge is 0.295 e. The molecular formula is C25H28BrNO5. The molecule has 32 heavy (non-hydrogen) atoms. The number of methoxy groups -OCH3 is 1. The molecule has 1 unspecified atom stereocenters. The number of rotatable bonds is 8. The third-order valence-corrected chi connectivity index (χ3v) is 6.15. The van der Waals surface area contributed by atoms with E-state index in [-0.39, 0.29) is 24.5 Å². The Kier molecular flexibility index (Phi) is 7.74. The first kappa shape index (κ1) is 24.0. The third kappa shape index (κ3) is 5.05. The Hall–Kier alpha value is -2.64. The van der Waals surface area contributed by atoms with Crippen molar-refractivity contribution in [2.24, 2.45) is 5.92 Å². The van der Waals surface area contributed by atoms with E-state index in [0.29, 0.717) is 29.4 Å². The van der Waals surface area contributed by atoms with Gasteiger partial charge in [0.05, 0.1) is 24.8 Å². The van der Waals surface area contributed by atoms with Gasteiger partial charge in [-0.05, 0) is 48.2 Å². The predicted octanol–water partition coefficient (Wildman–Crippen LogP) is 4.86. The lowest BCUT2D eigenvalue weighted by Gasteiger charge is -2.25.